The molecule has 10 heteroatoms. The molecule has 0 aliphatic carbocycles. The molecule has 2 aromatic heterocycles. The van der Waals surface area contributed by atoms with Gasteiger partial charge in [0.2, 0.25) is 0 Å². The minimum absolute atomic E-state index is 0.0536. The maximum absolute atomic E-state index is 9.09. The van der Waals surface area contributed by atoms with Crippen LogP contribution in [0.25, 0.3) is 21.7 Å². The summed E-state index contributed by atoms with van der Waals surface area (Å²) >= 11 is 9.20. The number of aromatic nitrogens is 2. The third-order valence-corrected chi connectivity index (χ3v) is 8.88. The number of hydrogen-bond donors (Lipinski definition) is 3. The van der Waals surface area contributed by atoms with E-state index in [4.69, 9.17) is 42.2 Å². The lowest BCUT2D eigenvalue weighted by Gasteiger charge is -2.30. The zero-order chi connectivity index (χ0) is 27.9. The van der Waals surface area contributed by atoms with Crippen molar-refractivity contribution in [1.82, 2.24) is 9.97 Å². The number of thiazole rings is 1. The van der Waals surface area contributed by atoms with Gasteiger partial charge in [-0.3, -0.25) is 0 Å². The Bertz CT molecular complexity index is 1470. The van der Waals surface area contributed by atoms with E-state index in [1.54, 1.807) is 23.1 Å². The second-order valence-electron chi connectivity index (χ2n) is 9.32. The highest BCUT2D eigenvalue weighted by Gasteiger charge is 2.24. The van der Waals surface area contributed by atoms with Crippen LogP contribution in [0.1, 0.15) is 36.1 Å². The largest absolute Gasteiger partial charge is 0.491 e. The second-order valence-corrected chi connectivity index (χ2v) is 11.6. The molecule has 2 aromatic carbocycles. The minimum atomic E-state index is -0.0536. The number of benzene rings is 2. The smallest absolute Gasteiger partial charge is 0.139 e. The fourth-order valence-corrected chi connectivity index (χ4v) is 6.70. The number of aliphatic hydroxyl groups excluding tert-OH is 1. The number of thioether (sulfide) groups is 1. The molecular weight excluding hydrogens is 562 g/mol. The lowest BCUT2D eigenvalue weighted by molar-refractivity contribution is 0.201. The Kier molecular flexibility index (Phi) is 9.49. The number of ether oxygens (including phenoxy) is 1. The molecule has 0 unspecified atom stereocenters. The average Bonchev–Trinajstić information content (AvgIpc) is 3.48. The van der Waals surface area contributed by atoms with Gasteiger partial charge in [0.25, 0.3) is 0 Å². The van der Waals surface area contributed by atoms with Crippen molar-refractivity contribution >= 4 is 52.9 Å². The first kappa shape index (κ1) is 28.3. The molecule has 7 nitrogen and oxygen atoms in total. The molecule has 4 aromatic rings. The van der Waals surface area contributed by atoms with Crippen molar-refractivity contribution in [2.45, 2.75) is 30.0 Å². The third kappa shape index (κ3) is 6.39. The van der Waals surface area contributed by atoms with E-state index in [2.05, 4.69) is 10.3 Å². The highest BCUT2D eigenvalue weighted by atomic mass is 35.5. The molecule has 1 aliphatic rings. The van der Waals surface area contributed by atoms with E-state index in [1.165, 1.54) is 18.9 Å². The quantitative estimate of drug-likeness (QED) is 0.126. The van der Waals surface area contributed by atoms with Crippen LogP contribution in [0.4, 0.5) is 5.82 Å². The molecule has 0 saturated carbocycles. The predicted octanol–water partition coefficient (Wildman–Crippen LogP) is 7.17. The van der Waals surface area contributed by atoms with E-state index in [0.717, 1.165) is 64.2 Å². The standard InChI is InChI=1S/C30H30ClN5O2S2/c31-22-8-4-21(5-9-22)29-34-23(18-39-29)19-40-30-26(17-33)27(20-6-10-24(11-7-20)38-15-14-37)25(16-32)28(35-30)36-12-2-1-3-13-36/h4-11,16-18,32-33,37H,1-3,12-15,19H2. The van der Waals surface area contributed by atoms with Gasteiger partial charge >= 0.3 is 0 Å². The van der Waals surface area contributed by atoms with E-state index in [1.807, 2.05) is 48.5 Å². The van der Waals surface area contributed by atoms with Gasteiger partial charge in [0, 0.05) is 63.9 Å². The Morgan fingerprint density at radius 2 is 1.65 bits per heavy atom. The zero-order valence-corrected chi connectivity index (χ0v) is 24.3. The summed E-state index contributed by atoms with van der Waals surface area (Å²) in [6.45, 7) is 1.96. The molecule has 206 valence electrons. The number of halogens is 1. The normalized spacial score (nSPS) is 13.3. The van der Waals surface area contributed by atoms with Gasteiger partial charge in [0.15, 0.2) is 0 Å². The number of nitrogens with zero attached hydrogens (tertiary/aromatic N) is 3. The van der Waals surface area contributed by atoms with E-state index in [9.17, 15) is 0 Å². The van der Waals surface area contributed by atoms with E-state index in [0.29, 0.717) is 27.7 Å². The first-order chi connectivity index (χ1) is 19.6. The van der Waals surface area contributed by atoms with Gasteiger partial charge < -0.3 is 25.6 Å². The summed E-state index contributed by atoms with van der Waals surface area (Å²) in [5, 5.41) is 30.3. The topological polar surface area (TPSA) is 106 Å². The summed E-state index contributed by atoms with van der Waals surface area (Å²) in [5.74, 6) is 2.05. The molecule has 1 aliphatic heterocycles. The highest BCUT2D eigenvalue weighted by molar-refractivity contribution is 7.98. The summed E-state index contributed by atoms with van der Waals surface area (Å²) in [6.07, 6.45) is 6.08. The number of anilines is 1. The zero-order valence-electron chi connectivity index (χ0n) is 21.9. The van der Waals surface area contributed by atoms with Crippen molar-refractivity contribution in [3.63, 3.8) is 0 Å². The Hall–Kier alpha value is -3.24. The monoisotopic (exact) mass is 591 g/mol. The third-order valence-electron chi connectivity index (χ3n) is 6.66. The van der Waals surface area contributed by atoms with Crippen LogP contribution in [0.15, 0.2) is 58.9 Å². The fourth-order valence-electron chi connectivity index (χ4n) is 4.74. The summed E-state index contributed by atoms with van der Waals surface area (Å²) in [5.41, 5.74) is 5.07. The van der Waals surface area contributed by atoms with Crippen molar-refractivity contribution in [1.29, 1.82) is 10.8 Å². The maximum atomic E-state index is 9.09. The molecule has 3 N–H and O–H groups in total. The lowest BCUT2D eigenvalue weighted by atomic mass is 9.95. The van der Waals surface area contributed by atoms with Crippen molar-refractivity contribution < 1.29 is 9.84 Å². The van der Waals surface area contributed by atoms with Gasteiger partial charge in [-0.15, -0.1) is 11.3 Å². The van der Waals surface area contributed by atoms with Gasteiger partial charge in [0.05, 0.1) is 12.3 Å². The van der Waals surface area contributed by atoms with Crippen molar-refractivity contribution in [3.8, 4) is 27.4 Å². The molecule has 0 bridgehead atoms. The minimum Gasteiger partial charge on any atom is -0.491 e. The van der Waals surface area contributed by atoms with Crippen LogP contribution >= 0.6 is 34.7 Å². The van der Waals surface area contributed by atoms with Crippen LogP contribution in [0.2, 0.25) is 5.02 Å². The Labute approximate surface area is 247 Å². The Balaban J connectivity index is 1.51. The fraction of sp³-hybridized carbons (Fsp3) is 0.267. The van der Waals surface area contributed by atoms with Crippen LogP contribution in [-0.2, 0) is 5.75 Å². The molecule has 1 saturated heterocycles. The summed E-state index contributed by atoms with van der Waals surface area (Å²) in [7, 11) is 0. The van der Waals surface area contributed by atoms with E-state index < -0.39 is 0 Å². The van der Waals surface area contributed by atoms with Crippen LogP contribution in [0, 0.1) is 10.8 Å². The van der Waals surface area contributed by atoms with E-state index >= 15 is 0 Å². The van der Waals surface area contributed by atoms with Gasteiger partial charge in [-0.25, -0.2) is 9.97 Å². The lowest BCUT2D eigenvalue weighted by Crippen LogP contribution is -2.31. The molecule has 1 fully saturated rings. The molecule has 5 rings (SSSR count). The predicted molar refractivity (Wildman–Crippen MR) is 166 cm³/mol. The summed E-state index contributed by atoms with van der Waals surface area (Å²) in [6, 6.07) is 15.3. The van der Waals surface area contributed by atoms with Gasteiger partial charge in [-0.2, -0.15) is 0 Å². The molecule has 0 atom stereocenters. The van der Waals surface area contributed by atoms with Crippen LogP contribution in [0.5, 0.6) is 5.75 Å². The van der Waals surface area contributed by atoms with Crippen molar-refractivity contribution in [2.24, 2.45) is 0 Å². The molecule has 0 radical (unpaired) electrons. The van der Waals surface area contributed by atoms with Crippen LogP contribution in [0.3, 0.4) is 0 Å². The van der Waals surface area contributed by atoms with Crippen LogP contribution in [-0.4, -0.2) is 53.8 Å². The number of nitrogens with one attached hydrogen (secondary N) is 2. The Morgan fingerprint density at radius 3 is 2.33 bits per heavy atom. The molecule has 40 heavy (non-hydrogen) atoms. The summed E-state index contributed by atoms with van der Waals surface area (Å²) < 4.78 is 5.55. The van der Waals surface area contributed by atoms with Gasteiger partial charge in [-0.1, -0.05) is 47.6 Å². The number of aliphatic hydroxyl groups is 1. The number of piperidine rings is 1. The average molecular weight is 592 g/mol. The molecule has 3 heterocycles. The second kappa shape index (κ2) is 13.4. The van der Waals surface area contributed by atoms with Crippen LogP contribution < -0.4 is 9.64 Å². The highest BCUT2D eigenvalue weighted by Crippen LogP contribution is 2.39. The van der Waals surface area contributed by atoms with Crippen molar-refractivity contribution in [3.05, 3.63) is 75.8 Å². The number of rotatable bonds is 11. The summed E-state index contributed by atoms with van der Waals surface area (Å²) in [4.78, 5) is 12.2. The molecular formula is C30H30ClN5O2S2. The SMILES string of the molecule is N=Cc1c(SCc2csc(-c3ccc(Cl)cc3)n2)nc(N2CCCCC2)c(C=N)c1-c1ccc(OCCO)cc1. The Morgan fingerprint density at radius 1 is 0.950 bits per heavy atom. The molecule has 0 amide bonds. The van der Waals surface area contributed by atoms with E-state index in [-0.39, 0.29) is 13.2 Å². The molecule has 0 spiro atoms. The van der Waals surface area contributed by atoms with Crippen molar-refractivity contribution in [2.75, 3.05) is 31.2 Å². The first-order valence-corrected chi connectivity index (χ1v) is 15.4. The van der Waals surface area contributed by atoms with Gasteiger partial charge in [0.1, 0.15) is 28.2 Å². The number of pyridine rings is 1. The maximum Gasteiger partial charge on any atom is 0.139 e. The first-order valence-electron chi connectivity index (χ1n) is 13.1. The van der Waals surface area contributed by atoms with Gasteiger partial charge in [-0.05, 0) is 49.1 Å². The number of hydrogen-bond acceptors (Lipinski definition) is 9.